The Bertz CT molecular complexity index is 2930. The molecule has 6 nitrogen and oxygen atoms in total. The van der Waals surface area contributed by atoms with Gasteiger partial charge in [0.05, 0.1) is 49.2 Å². The van der Waals surface area contributed by atoms with Gasteiger partial charge in [0.15, 0.2) is 0 Å². The van der Waals surface area contributed by atoms with Crippen LogP contribution in [-0.4, -0.2) is 76.0 Å². The van der Waals surface area contributed by atoms with Crippen molar-refractivity contribution in [1.82, 2.24) is 8.97 Å². The molecule has 9 heterocycles. The van der Waals surface area contributed by atoms with E-state index in [2.05, 4.69) is 155 Å². The Kier molecular flexibility index (Phi) is 6.35. The van der Waals surface area contributed by atoms with Crippen LogP contribution in [0.5, 0.6) is 0 Å². The van der Waals surface area contributed by atoms with E-state index in [1.165, 1.54) is 83.1 Å². The highest BCUT2D eigenvalue weighted by atomic mass is 16.5. The molecule has 0 N–H and O–H groups in total. The number of ether oxygens (including phenoxy) is 2. The van der Waals surface area contributed by atoms with E-state index < -0.39 is 0 Å². The highest BCUT2D eigenvalue weighted by Crippen LogP contribution is 2.73. The Morgan fingerprint density at radius 3 is 1.41 bits per heavy atom. The van der Waals surface area contributed by atoms with Crippen molar-refractivity contribution in [2.45, 2.75) is 73.1 Å². The molecule has 17 rings (SSSR count). The highest BCUT2D eigenvalue weighted by molar-refractivity contribution is 5.87. The van der Waals surface area contributed by atoms with Crippen molar-refractivity contribution in [2.24, 2.45) is 23.7 Å². The largest absolute Gasteiger partial charge is 0.354 e. The first-order valence-corrected chi connectivity index (χ1v) is 24.7. The van der Waals surface area contributed by atoms with Crippen LogP contribution in [0.4, 0.5) is 22.7 Å². The number of hydrogen-bond donors (Lipinski definition) is 0. The van der Waals surface area contributed by atoms with Crippen molar-refractivity contribution in [3.05, 3.63) is 168 Å². The van der Waals surface area contributed by atoms with Crippen molar-refractivity contribution in [1.29, 1.82) is 0 Å². The normalized spacial score (nSPS) is 41.7. The van der Waals surface area contributed by atoms with E-state index in [1.54, 1.807) is 22.3 Å². The summed E-state index contributed by atoms with van der Waals surface area (Å²) < 4.78 is 17.6. The second kappa shape index (κ2) is 11.6. The van der Waals surface area contributed by atoms with Gasteiger partial charge in [0.2, 0.25) is 0 Å². The van der Waals surface area contributed by atoms with Gasteiger partial charge >= 0.3 is 0 Å². The quantitative estimate of drug-likeness (QED) is 0.128. The van der Waals surface area contributed by atoms with Gasteiger partial charge in [-0.05, 0) is 80.2 Å². The summed E-state index contributed by atoms with van der Waals surface area (Å²) in [5.41, 5.74) is 12.4. The average Bonchev–Trinajstić information content (AvgIpc) is 3.98. The Balaban J connectivity index is 0.913. The molecule has 11 aliphatic rings. The van der Waals surface area contributed by atoms with E-state index in [-0.39, 0.29) is 35.4 Å². The van der Waals surface area contributed by atoms with E-state index in [0.29, 0.717) is 49.0 Å². The maximum Gasteiger partial charge on any atom is 0.136 e. The van der Waals surface area contributed by atoms with Gasteiger partial charge in [-0.2, -0.15) is 0 Å². The number of quaternary nitrogens is 2. The summed E-state index contributed by atoms with van der Waals surface area (Å²) in [4.78, 5) is 6.02. The average molecular weight is 839 g/mol. The first kappa shape index (κ1) is 35.1. The molecular formula is C58H54N4O2+2. The number of rotatable bonds is 2. The van der Waals surface area contributed by atoms with Gasteiger partial charge in [-0.1, -0.05) is 97.1 Å². The molecule has 0 radical (unpaired) electrons. The van der Waals surface area contributed by atoms with Crippen molar-refractivity contribution in [3.8, 4) is 0 Å². The van der Waals surface area contributed by atoms with Crippen molar-refractivity contribution >= 4 is 44.3 Å². The molecule has 6 aromatic carbocycles. The first-order valence-electron chi connectivity index (χ1n) is 24.7. The molecule has 14 atom stereocenters. The number of benzene rings is 6. The standard InChI is InChI=1S/C58H54N4O2/c1-3-11-37-29-41(19-17-35(37)9-1)61-25-23-57-45-13-5-7-15-47(45)59-53(57)51-43(31-49(57)61)39(33-61)21-27-63-55(51)60-48-16-8-6-14-46(48)58-24-26-62(42-20-18-36-10-2-4-12-38(36)30-42)34-40-22-28-64-56(59)52(54(58)60)44(40)32-50(58)62/h1-22,29-30,43-44,49-56H,23-28,31-34H2/q+2/t43-,44-,49-,50-,51+,52+,53-,54-,55+,56+,57+,58+,61-,62-/m0/s1. The molecule has 7 fully saturated rings. The number of nitrogens with zero attached hydrogens (tertiary/aromatic N) is 4. The van der Waals surface area contributed by atoms with E-state index in [4.69, 9.17) is 9.47 Å². The van der Waals surface area contributed by atoms with Crippen LogP contribution in [-0.2, 0) is 20.3 Å². The Morgan fingerprint density at radius 2 is 0.922 bits per heavy atom. The zero-order valence-corrected chi connectivity index (χ0v) is 36.3. The maximum absolute atomic E-state index is 7.74. The summed E-state index contributed by atoms with van der Waals surface area (Å²) in [6.07, 6.45) is 9.92. The van der Waals surface area contributed by atoms with Gasteiger partial charge < -0.3 is 19.3 Å². The van der Waals surface area contributed by atoms with Crippen molar-refractivity contribution < 1.29 is 9.47 Å². The van der Waals surface area contributed by atoms with Gasteiger partial charge in [-0.3, -0.25) is 8.97 Å². The minimum Gasteiger partial charge on any atom is -0.354 e. The number of para-hydroxylation sites is 2. The molecule has 2 aliphatic carbocycles. The predicted octanol–water partition coefficient (Wildman–Crippen LogP) is 9.98. The molecular weight excluding hydrogens is 785 g/mol. The van der Waals surface area contributed by atoms with Crippen molar-refractivity contribution in [2.75, 3.05) is 49.2 Å². The van der Waals surface area contributed by atoms with Crippen molar-refractivity contribution in [3.63, 3.8) is 0 Å². The minimum atomic E-state index is -0.0243. The lowest BCUT2D eigenvalue weighted by atomic mass is 9.52. The first-order chi connectivity index (χ1) is 31.6. The fraction of sp³-hybridized carbons (Fsp3) is 0.379. The number of anilines is 2. The molecule has 2 saturated carbocycles. The fourth-order valence-corrected chi connectivity index (χ4v) is 18.8. The molecule has 9 aliphatic heterocycles. The van der Waals surface area contributed by atoms with Gasteiger partial charge in [0.1, 0.15) is 49.0 Å². The zero-order chi connectivity index (χ0) is 41.3. The molecule has 0 aromatic heterocycles. The number of hydrogen-bond acceptors (Lipinski definition) is 4. The van der Waals surface area contributed by atoms with Crippen LogP contribution < -0.4 is 18.8 Å². The third-order valence-corrected chi connectivity index (χ3v) is 20.7. The van der Waals surface area contributed by atoms with Crippen LogP contribution in [0.1, 0.15) is 36.8 Å². The Labute approximate surface area is 375 Å². The second-order valence-electron chi connectivity index (χ2n) is 22.1. The lowest BCUT2D eigenvalue weighted by Crippen LogP contribution is -2.78. The molecule has 2 spiro atoms. The SMILES string of the molecule is C1=C2C[N@+]3(c4ccc5ccccc5c4)CC[C@]45c6ccccc6N6[C@@H]7OCC=C8C[N@+]9(c%10ccc%11ccccc%11c%10)CC[C@]%10%11c%12ccccc%12N([C@H](OC1)[C@@H]([C@H]64)[C@H]2C[C@@H]53)[C@H]%10[C@H]7[C@H]8C[C@@H]%119. The molecule has 6 heteroatoms. The molecule has 316 valence electrons. The number of fused-ring (bicyclic) bond motifs is 8. The molecule has 64 heavy (non-hydrogen) atoms. The van der Waals surface area contributed by atoms with Crippen LogP contribution >= 0.6 is 0 Å². The third-order valence-electron chi connectivity index (χ3n) is 20.7. The van der Waals surface area contributed by atoms with Crippen LogP contribution in [0.25, 0.3) is 21.5 Å². The van der Waals surface area contributed by atoms with Crippen LogP contribution in [0.2, 0.25) is 0 Å². The summed E-state index contributed by atoms with van der Waals surface area (Å²) in [5, 5.41) is 5.40. The molecule has 6 aromatic rings. The maximum atomic E-state index is 7.74. The van der Waals surface area contributed by atoms with Crippen LogP contribution in [0, 0.1) is 23.7 Å². The topological polar surface area (TPSA) is 24.9 Å². The summed E-state index contributed by atoms with van der Waals surface area (Å²) in [7, 11) is 0. The molecule has 0 amide bonds. The van der Waals surface area contributed by atoms with Gasteiger partial charge in [0.25, 0.3) is 0 Å². The van der Waals surface area contributed by atoms with Crippen LogP contribution in [0.3, 0.4) is 0 Å². The fourth-order valence-electron chi connectivity index (χ4n) is 18.8. The number of piperidine rings is 2. The highest BCUT2D eigenvalue weighted by Gasteiger charge is 2.81. The minimum absolute atomic E-state index is 0.0180. The lowest BCUT2D eigenvalue weighted by molar-refractivity contribution is -0.105. The Morgan fingerprint density at radius 1 is 0.484 bits per heavy atom. The molecule has 4 bridgehead atoms. The molecule has 5 saturated heterocycles. The Hall–Kier alpha value is -5.24. The summed E-state index contributed by atoms with van der Waals surface area (Å²) in [6, 6.07) is 54.1. The predicted molar refractivity (Wildman–Crippen MR) is 255 cm³/mol. The molecule has 0 unspecified atom stereocenters. The van der Waals surface area contributed by atoms with E-state index >= 15 is 0 Å². The van der Waals surface area contributed by atoms with E-state index in [0.717, 1.165) is 22.1 Å². The van der Waals surface area contributed by atoms with Gasteiger partial charge in [-0.25, -0.2) is 0 Å². The van der Waals surface area contributed by atoms with E-state index in [1.807, 2.05) is 0 Å². The summed E-state index contributed by atoms with van der Waals surface area (Å²) in [6.45, 7) is 5.88. The van der Waals surface area contributed by atoms with Crippen LogP contribution in [0.15, 0.2) is 157 Å². The third kappa shape index (κ3) is 3.76. The zero-order valence-electron chi connectivity index (χ0n) is 36.3. The smallest absolute Gasteiger partial charge is 0.136 e. The van der Waals surface area contributed by atoms with Gasteiger partial charge in [0, 0.05) is 72.9 Å². The summed E-state index contributed by atoms with van der Waals surface area (Å²) in [5.74, 6) is 1.52. The monoisotopic (exact) mass is 838 g/mol. The second-order valence-corrected chi connectivity index (χ2v) is 22.1. The lowest BCUT2D eigenvalue weighted by Gasteiger charge is -2.65. The van der Waals surface area contributed by atoms with E-state index in [9.17, 15) is 0 Å². The van der Waals surface area contributed by atoms with Gasteiger partial charge in [-0.15, -0.1) is 0 Å². The summed E-state index contributed by atoms with van der Waals surface area (Å²) >= 11 is 0.